The van der Waals surface area contributed by atoms with Crippen molar-refractivity contribution in [2.24, 2.45) is 0 Å². The first kappa shape index (κ1) is 17.5. The van der Waals surface area contributed by atoms with Gasteiger partial charge in [-0.05, 0) is 24.6 Å². The lowest BCUT2D eigenvalue weighted by Crippen LogP contribution is -2.07. The van der Waals surface area contributed by atoms with E-state index in [0.29, 0.717) is 10.9 Å². The van der Waals surface area contributed by atoms with E-state index in [1.54, 1.807) is 6.92 Å². The first-order valence-electron chi connectivity index (χ1n) is 6.26. The molecule has 1 heterocycles. The van der Waals surface area contributed by atoms with E-state index in [2.05, 4.69) is 4.18 Å². The Balaban J connectivity index is 0.00000208. The number of rotatable bonds is 2. The van der Waals surface area contributed by atoms with Gasteiger partial charge in [-0.15, -0.1) is 0 Å². The molecule has 0 spiro atoms. The maximum Gasteiger partial charge on any atom is 0.446 e. The summed E-state index contributed by atoms with van der Waals surface area (Å²) in [7, 11) is -4.80. The SMILES string of the molecule is Cc1cc(O)cc2oc(=O)c3c(O)cc(OS(=O)(=O)O)cc3c12.N. The van der Waals surface area contributed by atoms with Crippen LogP contribution in [0.25, 0.3) is 21.7 Å². The molecule has 3 aromatic rings. The Morgan fingerprint density at radius 1 is 1.08 bits per heavy atom. The van der Waals surface area contributed by atoms with Crippen LogP contribution in [0.1, 0.15) is 5.56 Å². The van der Waals surface area contributed by atoms with Gasteiger partial charge in [0.1, 0.15) is 28.2 Å². The molecule has 1 aromatic heterocycles. The van der Waals surface area contributed by atoms with Gasteiger partial charge in [-0.3, -0.25) is 4.55 Å². The summed E-state index contributed by atoms with van der Waals surface area (Å²) in [6.45, 7) is 1.63. The predicted octanol–water partition coefficient (Wildman–Crippen LogP) is 2.01. The Morgan fingerprint density at radius 3 is 2.38 bits per heavy atom. The molecule has 0 aliphatic heterocycles. The lowest BCUT2D eigenvalue weighted by molar-refractivity contribution is 0.386. The van der Waals surface area contributed by atoms with Crippen molar-refractivity contribution in [1.82, 2.24) is 6.15 Å². The van der Waals surface area contributed by atoms with E-state index in [1.807, 2.05) is 0 Å². The van der Waals surface area contributed by atoms with Gasteiger partial charge in [0.15, 0.2) is 0 Å². The highest BCUT2D eigenvalue weighted by atomic mass is 32.3. The van der Waals surface area contributed by atoms with Crippen molar-refractivity contribution in [1.29, 1.82) is 0 Å². The molecule has 24 heavy (non-hydrogen) atoms. The first-order valence-corrected chi connectivity index (χ1v) is 7.62. The maximum atomic E-state index is 12.0. The van der Waals surface area contributed by atoms with Gasteiger partial charge in [-0.25, -0.2) is 4.79 Å². The molecule has 0 atom stereocenters. The quantitative estimate of drug-likeness (QED) is 0.305. The third-order valence-electron chi connectivity index (χ3n) is 3.25. The minimum absolute atomic E-state index is 0. The van der Waals surface area contributed by atoms with Gasteiger partial charge in [-0.2, -0.15) is 8.42 Å². The Bertz CT molecular complexity index is 1120. The van der Waals surface area contributed by atoms with Gasteiger partial charge in [0.05, 0.1) is 0 Å². The molecule has 128 valence electrons. The van der Waals surface area contributed by atoms with E-state index in [4.69, 9.17) is 8.97 Å². The van der Waals surface area contributed by atoms with E-state index in [0.717, 1.165) is 6.07 Å². The van der Waals surface area contributed by atoms with Crippen LogP contribution in [0, 0.1) is 6.92 Å². The van der Waals surface area contributed by atoms with Crippen LogP contribution in [0.4, 0.5) is 0 Å². The number of hydrogen-bond donors (Lipinski definition) is 4. The zero-order chi connectivity index (χ0) is 16.9. The molecule has 0 saturated carbocycles. The van der Waals surface area contributed by atoms with Crippen molar-refractivity contribution in [3.05, 3.63) is 40.2 Å². The number of aromatic hydroxyl groups is 2. The molecule has 6 N–H and O–H groups in total. The average Bonchev–Trinajstić information content (AvgIpc) is 2.34. The summed E-state index contributed by atoms with van der Waals surface area (Å²) < 4.78 is 39.8. The van der Waals surface area contributed by atoms with E-state index in [1.165, 1.54) is 18.2 Å². The second-order valence-electron chi connectivity index (χ2n) is 4.90. The fraction of sp³-hybridized carbons (Fsp3) is 0.0714. The molecule has 3 rings (SSSR count). The van der Waals surface area contributed by atoms with Crippen molar-refractivity contribution in [3.8, 4) is 17.2 Å². The normalized spacial score (nSPS) is 11.4. The highest BCUT2D eigenvalue weighted by molar-refractivity contribution is 7.81. The maximum absolute atomic E-state index is 12.0. The average molecular weight is 355 g/mol. The van der Waals surface area contributed by atoms with Gasteiger partial charge in [0, 0.05) is 22.9 Å². The van der Waals surface area contributed by atoms with E-state index in [9.17, 15) is 23.4 Å². The fourth-order valence-corrected chi connectivity index (χ4v) is 2.83. The molecule has 9 nitrogen and oxygen atoms in total. The summed E-state index contributed by atoms with van der Waals surface area (Å²) in [5.74, 6) is -1.06. The Kier molecular flexibility index (Phi) is 4.14. The summed E-state index contributed by atoms with van der Waals surface area (Å²) in [6, 6.07) is 4.67. The van der Waals surface area contributed by atoms with Gasteiger partial charge < -0.3 is 25.0 Å². The zero-order valence-electron chi connectivity index (χ0n) is 12.3. The van der Waals surface area contributed by atoms with Crippen LogP contribution in [0.3, 0.4) is 0 Å². The third-order valence-corrected chi connectivity index (χ3v) is 3.66. The lowest BCUT2D eigenvalue weighted by atomic mass is 10.0. The highest BCUT2D eigenvalue weighted by Crippen LogP contribution is 2.35. The predicted molar refractivity (Wildman–Crippen MR) is 85.3 cm³/mol. The highest BCUT2D eigenvalue weighted by Gasteiger charge is 2.17. The first-order chi connectivity index (χ1) is 10.7. The summed E-state index contributed by atoms with van der Waals surface area (Å²) in [5, 5.41) is 19.9. The molecule has 0 radical (unpaired) electrons. The largest absolute Gasteiger partial charge is 0.508 e. The van der Waals surface area contributed by atoms with Crippen LogP contribution in [0.15, 0.2) is 33.5 Å². The molecular formula is C14H13NO8S. The molecular weight excluding hydrogens is 342 g/mol. The number of benzene rings is 2. The monoisotopic (exact) mass is 355 g/mol. The topological polar surface area (TPSA) is 169 Å². The number of fused-ring (bicyclic) bond motifs is 3. The number of aryl methyl sites for hydroxylation is 1. The smallest absolute Gasteiger partial charge is 0.446 e. The Hall–Kier alpha value is -2.82. The van der Waals surface area contributed by atoms with Crippen LogP contribution in [-0.2, 0) is 10.4 Å². The molecule has 0 fully saturated rings. The zero-order valence-corrected chi connectivity index (χ0v) is 13.1. The Morgan fingerprint density at radius 2 is 1.75 bits per heavy atom. The summed E-state index contributed by atoms with van der Waals surface area (Å²) in [5.41, 5.74) is -0.283. The molecule has 0 unspecified atom stereocenters. The van der Waals surface area contributed by atoms with Crippen LogP contribution in [0.5, 0.6) is 17.2 Å². The molecule has 0 aliphatic carbocycles. The Labute approximate surface area is 135 Å². The molecule has 0 amide bonds. The fourth-order valence-electron chi connectivity index (χ4n) is 2.50. The molecule has 0 saturated heterocycles. The van der Waals surface area contributed by atoms with E-state index >= 15 is 0 Å². The van der Waals surface area contributed by atoms with Crippen LogP contribution < -0.4 is 16.0 Å². The molecule has 2 aromatic carbocycles. The molecule has 0 bridgehead atoms. The summed E-state index contributed by atoms with van der Waals surface area (Å²) in [6.07, 6.45) is 0. The molecule has 0 aliphatic rings. The minimum Gasteiger partial charge on any atom is -0.508 e. The number of phenolic OH excluding ortho intramolecular Hbond substituents is 2. The summed E-state index contributed by atoms with van der Waals surface area (Å²) >= 11 is 0. The van der Waals surface area contributed by atoms with Crippen molar-refractivity contribution in [3.63, 3.8) is 0 Å². The minimum atomic E-state index is -4.80. The van der Waals surface area contributed by atoms with Crippen molar-refractivity contribution in [2.45, 2.75) is 6.92 Å². The molecule has 10 heteroatoms. The van der Waals surface area contributed by atoms with Crippen LogP contribution in [-0.4, -0.2) is 23.2 Å². The second kappa shape index (κ2) is 5.67. The third kappa shape index (κ3) is 2.97. The van der Waals surface area contributed by atoms with E-state index < -0.39 is 21.8 Å². The van der Waals surface area contributed by atoms with Crippen LogP contribution in [0.2, 0.25) is 0 Å². The van der Waals surface area contributed by atoms with Gasteiger partial charge in [0.25, 0.3) is 0 Å². The van der Waals surface area contributed by atoms with E-state index in [-0.39, 0.29) is 34.0 Å². The van der Waals surface area contributed by atoms with Crippen LogP contribution >= 0.6 is 0 Å². The summed E-state index contributed by atoms with van der Waals surface area (Å²) in [4.78, 5) is 12.0. The van der Waals surface area contributed by atoms with Crippen molar-refractivity contribution in [2.75, 3.05) is 0 Å². The number of hydrogen-bond acceptors (Lipinski definition) is 8. The van der Waals surface area contributed by atoms with Crippen molar-refractivity contribution >= 4 is 32.1 Å². The van der Waals surface area contributed by atoms with Crippen molar-refractivity contribution < 1.29 is 31.8 Å². The van der Waals surface area contributed by atoms with Gasteiger partial charge in [-0.1, -0.05) is 0 Å². The lowest BCUT2D eigenvalue weighted by Gasteiger charge is -2.09. The van der Waals surface area contributed by atoms with Gasteiger partial charge >= 0.3 is 16.0 Å². The number of phenols is 2. The van der Waals surface area contributed by atoms with Gasteiger partial charge in [0.2, 0.25) is 0 Å². The standard InChI is InChI=1S/C14H10O8S.H3N/c1-6-2-7(15)3-11-12(6)9-4-8(22-23(18,19)20)5-10(16)13(9)14(17)21-11;/h2-5,15-16H,1H3,(H,18,19,20);1H3. The second-order valence-corrected chi connectivity index (χ2v) is 5.92.